The zero-order valence-electron chi connectivity index (χ0n) is 14.1. The molecule has 25 heavy (non-hydrogen) atoms. The summed E-state index contributed by atoms with van der Waals surface area (Å²) in [6, 6.07) is 15.1. The van der Waals surface area contributed by atoms with E-state index < -0.39 is 0 Å². The van der Waals surface area contributed by atoms with Crippen molar-refractivity contribution in [2.24, 2.45) is 0 Å². The summed E-state index contributed by atoms with van der Waals surface area (Å²) in [6.45, 7) is 0. The van der Waals surface area contributed by atoms with E-state index in [1.807, 2.05) is 28.9 Å². The molecular weight excluding hydrogens is 310 g/mol. The molecule has 3 aromatic heterocycles. The molecule has 1 aromatic carbocycles. The van der Waals surface area contributed by atoms with Crippen LogP contribution in [0.25, 0.3) is 27.9 Å². The molecule has 1 aliphatic rings. The van der Waals surface area contributed by atoms with Gasteiger partial charge in [-0.25, -0.2) is 9.50 Å². The van der Waals surface area contributed by atoms with Crippen molar-refractivity contribution in [2.45, 2.75) is 38.1 Å². The van der Waals surface area contributed by atoms with Crippen molar-refractivity contribution in [3.63, 3.8) is 0 Å². The molecule has 0 spiro atoms. The number of hydrogen-bond acceptors (Lipinski definition) is 3. The van der Waals surface area contributed by atoms with Crippen molar-refractivity contribution in [1.29, 1.82) is 0 Å². The Morgan fingerprint density at radius 2 is 1.92 bits per heavy atom. The van der Waals surface area contributed by atoms with Gasteiger partial charge in [0.05, 0.1) is 11.9 Å². The minimum absolute atomic E-state index is 0.541. The van der Waals surface area contributed by atoms with E-state index in [1.54, 1.807) is 0 Å². The molecular formula is C20H21N5. The summed E-state index contributed by atoms with van der Waals surface area (Å²) in [5.74, 6) is 0.926. The number of rotatable bonds is 3. The Balaban J connectivity index is 1.53. The van der Waals surface area contributed by atoms with Crippen LogP contribution in [0.3, 0.4) is 0 Å². The lowest BCUT2D eigenvalue weighted by atomic mass is 9.95. The van der Waals surface area contributed by atoms with E-state index in [0.29, 0.717) is 6.04 Å². The monoisotopic (exact) mass is 331 g/mol. The van der Waals surface area contributed by atoms with Crippen LogP contribution in [0.4, 0.5) is 5.82 Å². The number of anilines is 1. The average Bonchev–Trinajstić information content (AvgIpc) is 3.25. The Labute approximate surface area is 146 Å². The fourth-order valence-electron chi connectivity index (χ4n) is 3.80. The van der Waals surface area contributed by atoms with E-state index in [-0.39, 0.29) is 0 Å². The molecule has 1 aliphatic carbocycles. The van der Waals surface area contributed by atoms with Crippen LogP contribution in [0, 0.1) is 0 Å². The Morgan fingerprint density at radius 3 is 2.80 bits per heavy atom. The molecule has 0 radical (unpaired) electrons. The number of nitrogens with zero attached hydrogens (tertiary/aromatic N) is 3. The maximum atomic E-state index is 4.80. The van der Waals surface area contributed by atoms with E-state index in [0.717, 1.165) is 28.4 Å². The number of fused-ring (bicyclic) bond motifs is 2. The maximum Gasteiger partial charge on any atom is 0.154 e. The van der Waals surface area contributed by atoms with Gasteiger partial charge in [0.15, 0.2) is 5.65 Å². The molecule has 5 rings (SSSR count). The van der Waals surface area contributed by atoms with Gasteiger partial charge < -0.3 is 10.3 Å². The standard InChI is InChI=1S/C20H21N5/c1-2-7-15(8-3-1)22-19-10-11-20-21-13-18(25(20)24-19)17-12-14-6-4-5-9-16(14)23-17/h4-6,9-13,15,23H,1-3,7-8H2,(H,22,24). The molecule has 4 aromatic rings. The third kappa shape index (κ3) is 2.65. The van der Waals surface area contributed by atoms with Crippen LogP contribution >= 0.6 is 0 Å². The zero-order chi connectivity index (χ0) is 16.6. The van der Waals surface area contributed by atoms with Crippen molar-refractivity contribution in [1.82, 2.24) is 19.6 Å². The highest BCUT2D eigenvalue weighted by Gasteiger charge is 2.15. The average molecular weight is 331 g/mol. The second-order valence-electron chi connectivity index (χ2n) is 6.88. The van der Waals surface area contributed by atoms with Gasteiger partial charge in [-0.3, -0.25) is 0 Å². The van der Waals surface area contributed by atoms with Crippen LogP contribution in [-0.2, 0) is 0 Å². The predicted octanol–water partition coefficient (Wildman–Crippen LogP) is 4.62. The third-order valence-electron chi connectivity index (χ3n) is 5.13. The van der Waals surface area contributed by atoms with Gasteiger partial charge in [-0.1, -0.05) is 37.5 Å². The largest absolute Gasteiger partial charge is 0.366 e. The summed E-state index contributed by atoms with van der Waals surface area (Å²) in [4.78, 5) is 7.98. The van der Waals surface area contributed by atoms with Crippen molar-refractivity contribution in [2.75, 3.05) is 5.32 Å². The number of aromatic amines is 1. The van der Waals surface area contributed by atoms with Gasteiger partial charge in [0.1, 0.15) is 11.5 Å². The minimum atomic E-state index is 0.541. The van der Waals surface area contributed by atoms with E-state index in [1.165, 1.54) is 37.5 Å². The Morgan fingerprint density at radius 1 is 1.04 bits per heavy atom. The molecule has 3 heterocycles. The lowest BCUT2D eigenvalue weighted by Crippen LogP contribution is -2.23. The molecule has 0 bridgehead atoms. The number of para-hydroxylation sites is 1. The number of H-pyrrole nitrogens is 1. The van der Waals surface area contributed by atoms with Gasteiger partial charge >= 0.3 is 0 Å². The predicted molar refractivity (Wildman–Crippen MR) is 101 cm³/mol. The first-order valence-electron chi connectivity index (χ1n) is 9.06. The van der Waals surface area contributed by atoms with Gasteiger partial charge in [0.25, 0.3) is 0 Å². The van der Waals surface area contributed by atoms with Gasteiger partial charge in [-0.05, 0) is 37.1 Å². The molecule has 2 N–H and O–H groups in total. The molecule has 0 unspecified atom stereocenters. The second-order valence-corrected chi connectivity index (χ2v) is 6.88. The van der Waals surface area contributed by atoms with E-state index >= 15 is 0 Å². The highest BCUT2D eigenvalue weighted by Crippen LogP contribution is 2.25. The molecule has 0 saturated heterocycles. The quantitative estimate of drug-likeness (QED) is 0.576. The topological polar surface area (TPSA) is 58.0 Å². The van der Waals surface area contributed by atoms with Crippen LogP contribution in [0.1, 0.15) is 32.1 Å². The SMILES string of the molecule is c1ccc2[nH]c(-c3cnc4ccc(NC5CCCCC5)nn34)cc2c1. The zero-order valence-corrected chi connectivity index (χ0v) is 14.1. The number of aromatic nitrogens is 4. The summed E-state index contributed by atoms with van der Waals surface area (Å²) < 4.78 is 1.93. The van der Waals surface area contributed by atoms with Crippen molar-refractivity contribution in [3.05, 3.63) is 48.7 Å². The number of benzene rings is 1. The normalized spacial score (nSPS) is 15.8. The third-order valence-corrected chi connectivity index (χ3v) is 5.13. The lowest BCUT2D eigenvalue weighted by molar-refractivity contribution is 0.461. The molecule has 1 fully saturated rings. The van der Waals surface area contributed by atoms with Crippen molar-refractivity contribution < 1.29 is 0 Å². The molecule has 5 nitrogen and oxygen atoms in total. The first kappa shape index (κ1) is 14.5. The fourth-order valence-corrected chi connectivity index (χ4v) is 3.80. The lowest BCUT2D eigenvalue weighted by Gasteiger charge is -2.23. The van der Waals surface area contributed by atoms with Gasteiger partial charge in [-0.2, -0.15) is 0 Å². The van der Waals surface area contributed by atoms with Crippen molar-refractivity contribution in [3.8, 4) is 11.4 Å². The second kappa shape index (κ2) is 5.92. The number of nitrogens with one attached hydrogen (secondary N) is 2. The first-order chi connectivity index (χ1) is 12.4. The molecule has 0 aliphatic heterocycles. The van der Waals surface area contributed by atoms with Crippen LogP contribution in [0.15, 0.2) is 48.7 Å². The van der Waals surface area contributed by atoms with Crippen LogP contribution < -0.4 is 5.32 Å². The Bertz CT molecular complexity index is 990. The summed E-state index contributed by atoms with van der Waals surface area (Å²) in [6.07, 6.45) is 8.34. The molecule has 126 valence electrons. The minimum Gasteiger partial charge on any atom is -0.366 e. The van der Waals surface area contributed by atoms with Crippen LogP contribution in [0.2, 0.25) is 0 Å². The van der Waals surface area contributed by atoms with E-state index in [9.17, 15) is 0 Å². The van der Waals surface area contributed by atoms with Gasteiger partial charge in [0.2, 0.25) is 0 Å². The summed E-state index contributed by atoms with van der Waals surface area (Å²) in [5.41, 5.74) is 4.02. The number of hydrogen-bond donors (Lipinski definition) is 2. The maximum absolute atomic E-state index is 4.80. The van der Waals surface area contributed by atoms with Crippen LogP contribution in [0.5, 0.6) is 0 Å². The smallest absolute Gasteiger partial charge is 0.154 e. The molecule has 5 heteroatoms. The summed E-state index contributed by atoms with van der Waals surface area (Å²) in [5, 5.41) is 9.60. The number of imidazole rings is 1. The van der Waals surface area contributed by atoms with E-state index in [4.69, 9.17) is 5.10 Å². The van der Waals surface area contributed by atoms with Gasteiger partial charge in [0, 0.05) is 16.9 Å². The first-order valence-corrected chi connectivity index (χ1v) is 9.06. The van der Waals surface area contributed by atoms with Crippen molar-refractivity contribution >= 4 is 22.4 Å². The van der Waals surface area contributed by atoms with Crippen LogP contribution in [-0.4, -0.2) is 25.6 Å². The molecule has 0 amide bonds. The summed E-state index contributed by atoms with van der Waals surface area (Å²) >= 11 is 0. The Kier molecular flexibility index (Phi) is 3.44. The summed E-state index contributed by atoms with van der Waals surface area (Å²) in [7, 11) is 0. The van der Waals surface area contributed by atoms with E-state index in [2.05, 4.69) is 39.6 Å². The van der Waals surface area contributed by atoms with Gasteiger partial charge in [-0.15, -0.1) is 5.10 Å². The molecule has 0 atom stereocenters. The Hall–Kier alpha value is -2.82. The highest BCUT2D eigenvalue weighted by atomic mass is 15.3. The molecule has 1 saturated carbocycles. The highest BCUT2D eigenvalue weighted by molar-refractivity contribution is 5.85. The fraction of sp³-hybridized carbons (Fsp3) is 0.300.